The van der Waals surface area contributed by atoms with E-state index < -0.39 is 0 Å². The van der Waals surface area contributed by atoms with Crippen molar-refractivity contribution in [3.63, 3.8) is 0 Å². The zero-order chi connectivity index (χ0) is 13.3. The summed E-state index contributed by atoms with van der Waals surface area (Å²) in [6, 6.07) is 0. The SMILES string of the molecule is Cc1nn(CN2CCC(O)CC2)c(C)c1[N+](=O)[O-]. The molecule has 0 radical (unpaired) electrons. The van der Waals surface area contributed by atoms with Crippen LogP contribution in [0.25, 0.3) is 0 Å². The molecule has 7 heteroatoms. The second-order valence-corrected chi connectivity index (χ2v) is 4.77. The normalized spacial score (nSPS) is 18.2. The number of aromatic nitrogens is 2. The number of hydrogen-bond acceptors (Lipinski definition) is 5. The van der Waals surface area contributed by atoms with Crippen LogP contribution in [0.2, 0.25) is 0 Å². The van der Waals surface area contributed by atoms with Crippen LogP contribution in [0.4, 0.5) is 5.69 Å². The summed E-state index contributed by atoms with van der Waals surface area (Å²) in [7, 11) is 0. The zero-order valence-corrected chi connectivity index (χ0v) is 10.7. The van der Waals surface area contributed by atoms with E-state index in [9.17, 15) is 15.2 Å². The van der Waals surface area contributed by atoms with Gasteiger partial charge in [-0.2, -0.15) is 5.10 Å². The average molecular weight is 254 g/mol. The molecule has 0 amide bonds. The molecule has 100 valence electrons. The Kier molecular flexibility index (Phi) is 3.63. The fourth-order valence-corrected chi connectivity index (χ4v) is 2.34. The van der Waals surface area contributed by atoms with Gasteiger partial charge in [-0.05, 0) is 26.7 Å². The van der Waals surface area contributed by atoms with Crippen molar-refractivity contribution >= 4 is 5.69 Å². The predicted molar refractivity (Wildman–Crippen MR) is 65.2 cm³/mol. The molecule has 1 aliphatic heterocycles. The van der Waals surface area contributed by atoms with Crippen LogP contribution in [0.5, 0.6) is 0 Å². The number of piperidine rings is 1. The molecule has 7 nitrogen and oxygen atoms in total. The summed E-state index contributed by atoms with van der Waals surface area (Å²) in [5.41, 5.74) is 1.14. The van der Waals surface area contributed by atoms with Gasteiger partial charge in [0.15, 0.2) is 0 Å². The first-order valence-electron chi connectivity index (χ1n) is 6.08. The van der Waals surface area contributed by atoms with Crippen LogP contribution in [0, 0.1) is 24.0 Å². The van der Waals surface area contributed by atoms with E-state index in [0.717, 1.165) is 25.9 Å². The van der Waals surface area contributed by atoms with Crippen molar-refractivity contribution in [3.8, 4) is 0 Å². The summed E-state index contributed by atoms with van der Waals surface area (Å²) >= 11 is 0. The molecular formula is C11H18N4O3. The molecule has 2 heterocycles. The van der Waals surface area contributed by atoms with Crippen LogP contribution in [-0.2, 0) is 6.67 Å². The minimum absolute atomic E-state index is 0.104. The molecule has 0 aromatic carbocycles. The highest BCUT2D eigenvalue weighted by atomic mass is 16.6. The average Bonchev–Trinajstić information content (AvgIpc) is 2.57. The molecule has 0 aliphatic carbocycles. The molecule has 0 saturated carbocycles. The first-order valence-corrected chi connectivity index (χ1v) is 6.08. The number of nitro groups is 1. The van der Waals surface area contributed by atoms with Crippen molar-refractivity contribution in [3.05, 3.63) is 21.5 Å². The summed E-state index contributed by atoms with van der Waals surface area (Å²) in [5, 5.41) is 24.5. The quantitative estimate of drug-likeness (QED) is 0.637. The predicted octanol–water partition coefficient (Wildman–Crippen LogP) is 0.822. The van der Waals surface area contributed by atoms with Crippen LogP contribution in [0.15, 0.2) is 0 Å². The minimum Gasteiger partial charge on any atom is -0.393 e. The maximum Gasteiger partial charge on any atom is 0.312 e. The molecule has 1 fully saturated rings. The maximum absolute atomic E-state index is 10.9. The van der Waals surface area contributed by atoms with E-state index in [1.54, 1.807) is 18.5 Å². The van der Waals surface area contributed by atoms with Gasteiger partial charge in [0.05, 0.1) is 17.7 Å². The lowest BCUT2D eigenvalue weighted by molar-refractivity contribution is -0.386. The molecule has 0 unspecified atom stereocenters. The van der Waals surface area contributed by atoms with Crippen molar-refractivity contribution in [2.24, 2.45) is 0 Å². The number of likely N-dealkylation sites (tertiary alicyclic amines) is 1. The monoisotopic (exact) mass is 254 g/mol. The Morgan fingerprint density at radius 2 is 2.06 bits per heavy atom. The van der Waals surface area contributed by atoms with Gasteiger partial charge in [0, 0.05) is 13.1 Å². The fourth-order valence-electron chi connectivity index (χ4n) is 2.34. The zero-order valence-electron chi connectivity index (χ0n) is 10.7. The van der Waals surface area contributed by atoms with Gasteiger partial charge in [0.2, 0.25) is 0 Å². The highest BCUT2D eigenvalue weighted by Gasteiger charge is 2.24. The van der Waals surface area contributed by atoms with E-state index in [2.05, 4.69) is 10.00 Å². The number of nitrogens with zero attached hydrogens (tertiary/aromatic N) is 4. The smallest absolute Gasteiger partial charge is 0.312 e. The van der Waals surface area contributed by atoms with Gasteiger partial charge in [0.25, 0.3) is 0 Å². The molecule has 1 aromatic heterocycles. The van der Waals surface area contributed by atoms with E-state index in [4.69, 9.17) is 0 Å². The summed E-state index contributed by atoms with van der Waals surface area (Å²) in [6.07, 6.45) is 1.29. The van der Waals surface area contributed by atoms with Crippen molar-refractivity contribution < 1.29 is 10.0 Å². The van der Waals surface area contributed by atoms with Gasteiger partial charge in [-0.3, -0.25) is 15.0 Å². The largest absolute Gasteiger partial charge is 0.393 e. The highest BCUT2D eigenvalue weighted by Crippen LogP contribution is 2.22. The maximum atomic E-state index is 10.9. The first-order chi connectivity index (χ1) is 8.49. The van der Waals surface area contributed by atoms with Crippen LogP contribution >= 0.6 is 0 Å². The second kappa shape index (κ2) is 5.03. The lowest BCUT2D eigenvalue weighted by Gasteiger charge is -2.29. The van der Waals surface area contributed by atoms with Crippen LogP contribution in [0.1, 0.15) is 24.2 Å². The van der Waals surface area contributed by atoms with Gasteiger partial charge < -0.3 is 5.11 Å². The Balaban J connectivity index is 2.10. The Bertz CT molecular complexity index is 449. The number of aryl methyl sites for hydroxylation is 1. The van der Waals surface area contributed by atoms with Crippen molar-refractivity contribution in [1.82, 2.24) is 14.7 Å². The first kappa shape index (κ1) is 13.0. The van der Waals surface area contributed by atoms with Gasteiger partial charge in [0.1, 0.15) is 11.4 Å². The van der Waals surface area contributed by atoms with Gasteiger partial charge >= 0.3 is 5.69 Å². The summed E-state index contributed by atoms with van der Waals surface area (Å²) in [6.45, 7) is 5.52. The van der Waals surface area contributed by atoms with E-state index in [1.165, 1.54) is 0 Å². The Morgan fingerprint density at radius 3 is 2.56 bits per heavy atom. The molecule has 1 N–H and O–H groups in total. The lowest BCUT2D eigenvalue weighted by Crippen LogP contribution is -2.37. The molecule has 0 atom stereocenters. The van der Waals surface area contributed by atoms with Crippen molar-refractivity contribution in [1.29, 1.82) is 0 Å². The Hall–Kier alpha value is -1.47. The molecule has 18 heavy (non-hydrogen) atoms. The summed E-state index contributed by atoms with van der Waals surface area (Å²) in [4.78, 5) is 12.7. The molecule has 1 aromatic rings. The van der Waals surface area contributed by atoms with Gasteiger partial charge in [-0.1, -0.05) is 0 Å². The standard InChI is InChI=1S/C11H18N4O3/c1-8-11(15(17)18)9(2)14(12-8)7-13-5-3-10(16)4-6-13/h10,16H,3-7H2,1-2H3. The number of rotatable bonds is 3. The van der Waals surface area contributed by atoms with Gasteiger partial charge in [-0.25, -0.2) is 4.68 Å². The van der Waals surface area contributed by atoms with Crippen LogP contribution in [-0.4, -0.2) is 43.9 Å². The third-order valence-electron chi connectivity index (χ3n) is 3.42. The van der Waals surface area contributed by atoms with E-state index in [-0.39, 0.29) is 16.7 Å². The summed E-state index contributed by atoms with van der Waals surface area (Å²) < 4.78 is 1.67. The van der Waals surface area contributed by atoms with Crippen molar-refractivity contribution in [2.45, 2.75) is 39.5 Å². The van der Waals surface area contributed by atoms with E-state index in [1.807, 2.05) is 0 Å². The minimum atomic E-state index is -0.381. The molecular weight excluding hydrogens is 236 g/mol. The number of aliphatic hydroxyl groups is 1. The third kappa shape index (κ3) is 2.51. The highest BCUT2D eigenvalue weighted by molar-refractivity contribution is 5.39. The van der Waals surface area contributed by atoms with E-state index >= 15 is 0 Å². The third-order valence-corrected chi connectivity index (χ3v) is 3.42. The Morgan fingerprint density at radius 1 is 1.44 bits per heavy atom. The molecule has 1 aliphatic rings. The Labute approximate surface area is 105 Å². The van der Waals surface area contributed by atoms with Crippen molar-refractivity contribution in [2.75, 3.05) is 13.1 Å². The second-order valence-electron chi connectivity index (χ2n) is 4.77. The molecule has 0 spiro atoms. The van der Waals surface area contributed by atoms with Gasteiger partial charge in [-0.15, -0.1) is 0 Å². The lowest BCUT2D eigenvalue weighted by atomic mass is 10.1. The van der Waals surface area contributed by atoms with E-state index in [0.29, 0.717) is 18.1 Å². The van der Waals surface area contributed by atoms with Crippen LogP contribution in [0.3, 0.4) is 0 Å². The number of aliphatic hydroxyl groups excluding tert-OH is 1. The van der Waals surface area contributed by atoms with Crippen LogP contribution < -0.4 is 0 Å². The molecule has 0 bridgehead atoms. The fraction of sp³-hybridized carbons (Fsp3) is 0.727. The topological polar surface area (TPSA) is 84.4 Å². The molecule has 1 saturated heterocycles. The summed E-state index contributed by atoms with van der Waals surface area (Å²) in [5.74, 6) is 0. The molecule has 2 rings (SSSR count). The number of hydrogen-bond donors (Lipinski definition) is 1.